The second-order valence-corrected chi connectivity index (χ2v) is 28.4. The van der Waals surface area contributed by atoms with Gasteiger partial charge in [-0.3, -0.25) is 37.3 Å². The average Bonchev–Trinajstić information content (AvgIpc) is 3.70. The Balaban J connectivity index is 5.25. The number of phosphoric acid groups is 2. The van der Waals surface area contributed by atoms with Gasteiger partial charge in [-0.2, -0.15) is 0 Å². The highest BCUT2D eigenvalue weighted by Crippen LogP contribution is 2.45. The highest BCUT2D eigenvalue weighted by Gasteiger charge is 2.30. The fraction of sp³-hybridized carbons (Fsp3) is 0.941. The molecule has 0 aliphatic rings. The number of hydrogen-bond acceptors (Lipinski definition) is 15. The largest absolute Gasteiger partial charge is 0.472 e. The molecule has 0 rings (SSSR count). The number of aliphatic hydroxyl groups excluding tert-OH is 1. The standard InChI is InChI=1S/C68H132O17P2/c1-7-9-11-13-15-17-19-20-21-23-25-34-40-46-52-67(72)84-63(57-79-66(71)51-45-39-33-28-26-30-36-42-48-60(3)4)58-82-86(74,75)80-54-62(69)55-81-87(76,77)83-59-64(85-68(73)53-47-41-35-29-27-31-37-43-49-61(5)6)56-78-65(70)50-44-38-32-24-22-18-16-14-12-10-8-2/h60-64,69H,7-59H2,1-6H3,(H,74,75)(H,76,77)/t62-,63-,64-/m1/s1. The second kappa shape index (κ2) is 60.3. The van der Waals surface area contributed by atoms with Crippen molar-refractivity contribution < 1.29 is 80.2 Å². The zero-order valence-corrected chi connectivity index (χ0v) is 58.1. The Morgan fingerprint density at radius 3 is 0.782 bits per heavy atom. The van der Waals surface area contributed by atoms with E-state index in [0.29, 0.717) is 25.7 Å². The van der Waals surface area contributed by atoms with Gasteiger partial charge in [0.15, 0.2) is 12.2 Å². The van der Waals surface area contributed by atoms with Crippen LogP contribution in [0.3, 0.4) is 0 Å². The maximum atomic E-state index is 13.0. The number of phosphoric ester groups is 2. The minimum absolute atomic E-state index is 0.105. The van der Waals surface area contributed by atoms with E-state index in [2.05, 4.69) is 41.5 Å². The van der Waals surface area contributed by atoms with E-state index in [1.54, 1.807) is 0 Å². The molecule has 5 atom stereocenters. The van der Waals surface area contributed by atoms with Gasteiger partial charge >= 0.3 is 39.5 Å². The van der Waals surface area contributed by atoms with Gasteiger partial charge in [0.1, 0.15) is 19.3 Å². The normalized spacial score (nSPS) is 14.2. The summed E-state index contributed by atoms with van der Waals surface area (Å²) in [5.41, 5.74) is 0. The molecule has 0 amide bonds. The molecule has 0 aliphatic heterocycles. The van der Waals surface area contributed by atoms with E-state index in [-0.39, 0.29) is 25.7 Å². The lowest BCUT2D eigenvalue weighted by Gasteiger charge is -2.21. The lowest BCUT2D eigenvalue weighted by atomic mass is 10.0. The number of unbranched alkanes of at least 4 members (excludes halogenated alkanes) is 37. The van der Waals surface area contributed by atoms with E-state index in [1.165, 1.54) is 161 Å². The summed E-state index contributed by atoms with van der Waals surface area (Å²) in [6.45, 7) is 9.46. The zero-order valence-electron chi connectivity index (χ0n) is 56.3. The number of esters is 4. The minimum atomic E-state index is -4.95. The monoisotopic (exact) mass is 1280 g/mol. The van der Waals surface area contributed by atoms with Crippen LogP contribution in [0, 0.1) is 11.8 Å². The van der Waals surface area contributed by atoms with Crippen molar-refractivity contribution in [2.45, 2.75) is 362 Å². The molecular formula is C68H132O17P2. The van der Waals surface area contributed by atoms with Gasteiger partial charge in [0.05, 0.1) is 26.4 Å². The molecule has 0 fully saturated rings. The minimum Gasteiger partial charge on any atom is -0.462 e. The maximum Gasteiger partial charge on any atom is 0.472 e. The van der Waals surface area contributed by atoms with Gasteiger partial charge in [-0.05, 0) is 37.5 Å². The zero-order chi connectivity index (χ0) is 64.3. The summed E-state index contributed by atoms with van der Waals surface area (Å²) in [5, 5.41) is 10.6. The topological polar surface area (TPSA) is 237 Å². The highest BCUT2D eigenvalue weighted by atomic mass is 31.2. The Hall–Kier alpha value is -1.94. The summed E-state index contributed by atoms with van der Waals surface area (Å²) in [6.07, 6.45) is 44.4. The van der Waals surface area contributed by atoms with Crippen molar-refractivity contribution in [2.75, 3.05) is 39.6 Å². The lowest BCUT2D eigenvalue weighted by Crippen LogP contribution is -2.30. The average molecular weight is 1280 g/mol. The van der Waals surface area contributed by atoms with Gasteiger partial charge in [-0.25, -0.2) is 9.13 Å². The van der Waals surface area contributed by atoms with Gasteiger partial charge in [-0.1, -0.05) is 292 Å². The molecular weight excluding hydrogens is 1150 g/mol. The van der Waals surface area contributed by atoms with E-state index in [4.69, 9.17) is 37.0 Å². The van der Waals surface area contributed by atoms with Crippen LogP contribution in [-0.4, -0.2) is 96.7 Å². The first-order valence-corrected chi connectivity index (χ1v) is 38.5. The number of carbonyl (C=O) groups is 4. The van der Waals surface area contributed by atoms with E-state index >= 15 is 0 Å². The predicted octanol–water partition coefficient (Wildman–Crippen LogP) is 19.2. The summed E-state index contributed by atoms with van der Waals surface area (Å²) in [6, 6.07) is 0. The smallest absolute Gasteiger partial charge is 0.462 e. The molecule has 17 nitrogen and oxygen atoms in total. The molecule has 2 unspecified atom stereocenters. The number of aliphatic hydroxyl groups is 1. The number of carbonyl (C=O) groups excluding carboxylic acids is 4. The van der Waals surface area contributed by atoms with Crippen LogP contribution in [0.25, 0.3) is 0 Å². The van der Waals surface area contributed by atoms with Gasteiger partial charge in [0.2, 0.25) is 0 Å². The third-order valence-electron chi connectivity index (χ3n) is 15.7. The molecule has 0 spiro atoms. The van der Waals surface area contributed by atoms with Crippen LogP contribution in [-0.2, 0) is 65.4 Å². The molecule has 0 aromatic heterocycles. The molecule has 0 radical (unpaired) electrons. The van der Waals surface area contributed by atoms with Crippen LogP contribution in [0.5, 0.6) is 0 Å². The molecule has 0 aromatic carbocycles. The van der Waals surface area contributed by atoms with Crippen LogP contribution in [0.4, 0.5) is 0 Å². The van der Waals surface area contributed by atoms with Crippen molar-refractivity contribution in [3.05, 3.63) is 0 Å². The van der Waals surface area contributed by atoms with Crippen LogP contribution in [0.1, 0.15) is 343 Å². The maximum absolute atomic E-state index is 13.0. The Kier molecular flexibility index (Phi) is 59.0. The molecule has 87 heavy (non-hydrogen) atoms. The van der Waals surface area contributed by atoms with Crippen LogP contribution < -0.4 is 0 Å². The Labute approximate surface area is 530 Å². The summed E-state index contributed by atoms with van der Waals surface area (Å²) >= 11 is 0. The molecule has 516 valence electrons. The van der Waals surface area contributed by atoms with Crippen molar-refractivity contribution in [1.29, 1.82) is 0 Å². The fourth-order valence-corrected chi connectivity index (χ4v) is 11.8. The molecule has 3 N–H and O–H groups in total. The van der Waals surface area contributed by atoms with Gasteiger partial charge in [0.25, 0.3) is 0 Å². The summed E-state index contributed by atoms with van der Waals surface area (Å²) in [7, 11) is -9.89. The molecule has 0 saturated carbocycles. The van der Waals surface area contributed by atoms with Crippen molar-refractivity contribution in [3.63, 3.8) is 0 Å². The van der Waals surface area contributed by atoms with Crippen molar-refractivity contribution in [1.82, 2.24) is 0 Å². The molecule has 19 heteroatoms. The van der Waals surface area contributed by atoms with Gasteiger partial charge in [-0.15, -0.1) is 0 Å². The van der Waals surface area contributed by atoms with E-state index in [1.807, 2.05) is 0 Å². The van der Waals surface area contributed by atoms with Gasteiger partial charge < -0.3 is 33.8 Å². The van der Waals surface area contributed by atoms with E-state index in [9.17, 15) is 43.2 Å². The van der Waals surface area contributed by atoms with Crippen molar-refractivity contribution >= 4 is 39.5 Å². The van der Waals surface area contributed by atoms with Crippen LogP contribution in [0.15, 0.2) is 0 Å². The van der Waals surface area contributed by atoms with Gasteiger partial charge in [0, 0.05) is 25.7 Å². The second-order valence-electron chi connectivity index (χ2n) is 25.5. The van der Waals surface area contributed by atoms with Crippen molar-refractivity contribution in [3.8, 4) is 0 Å². The third-order valence-corrected chi connectivity index (χ3v) is 17.6. The number of rotatable bonds is 67. The third kappa shape index (κ3) is 62.6. The summed E-state index contributed by atoms with van der Waals surface area (Å²) in [4.78, 5) is 72.4. The quantitative estimate of drug-likeness (QED) is 0.0222. The first-order valence-electron chi connectivity index (χ1n) is 35.5. The van der Waals surface area contributed by atoms with E-state index < -0.39 is 97.5 Å². The molecule has 0 bridgehead atoms. The molecule has 0 aliphatic carbocycles. The fourth-order valence-electron chi connectivity index (χ4n) is 10.2. The van der Waals surface area contributed by atoms with E-state index in [0.717, 1.165) is 102 Å². The summed E-state index contributed by atoms with van der Waals surface area (Å²) < 4.78 is 68.2. The Bertz CT molecular complexity index is 1700. The number of ether oxygens (including phenoxy) is 4. The highest BCUT2D eigenvalue weighted by molar-refractivity contribution is 7.47. The van der Waals surface area contributed by atoms with Crippen LogP contribution >= 0.6 is 15.6 Å². The lowest BCUT2D eigenvalue weighted by molar-refractivity contribution is -0.161. The molecule has 0 aromatic rings. The first-order chi connectivity index (χ1) is 41.9. The summed E-state index contributed by atoms with van der Waals surface area (Å²) in [5.74, 6) is -0.683. The first kappa shape index (κ1) is 85.1. The van der Waals surface area contributed by atoms with Crippen molar-refractivity contribution in [2.24, 2.45) is 11.8 Å². The number of hydrogen-bond donors (Lipinski definition) is 3. The molecule has 0 saturated heterocycles. The predicted molar refractivity (Wildman–Crippen MR) is 349 cm³/mol. The Morgan fingerprint density at radius 1 is 0.310 bits per heavy atom. The SMILES string of the molecule is CCCCCCCCCCCCCCCCC(=O)O[C@H](COC(=O)CCCCCCCCCCC(C)C)COP(=O)(O)OC[C@@H](O)COP(=O)(O)OC[C@@H](COC(=O)CCCCCCCCCCCCC)OC(=O)CCCCCCCCCCC(C)C. The Morgan fingerprint density at radius 2 is 0.529 bits per heavy atom. The molecule has 0 heterocycles. The van der Waals surface area contributed by atoms with Crippen LogP contribution in [0.2, 0.25) is 0 Å².